The molecule has 2 aliphatic rings. The molecule has 0 saturated carbocycles. The zero-order valence-corrected chi connectivity index (χ0v) is 27.5. The summed E-state index contributed by atoms with van der Waals surface area (Å²) >= 11 is 0. The first-order valence-electron chi connectivity index (χ1n) is 15.5. The fraction of sp³-hybridized carbons (Fsp3) is 0.697. The van der Waals surface area contributed by atoms with Crippen LogP contribution in [0.1, 0.15) is 63.5 Å². The fourth-order valence-electron chi connectivity index (χ4n) is 5.48. The van der Waals surface area contributed by atoms with E-state index in [4.69, 9.17) is 24.2 Å². The number of aromatic nitrogens is 2. The number of hydrogen-bond acceptors (Lipinski definition) is 9. The molecule has 2 aromatic heterocycles. The highest BCUT2D eigenvalue weighted by atomic mass is 16.5. The number of nitrogens with zero attached hydrogens (tertiary/aromatic N) is 6. The lowest BCUT2D eigenvalue weighted by Crippen LogP contribution is -2.57. The number of likely N-dealkylation sites (N-methyl/N-ethyl adjacent to an activating group) is 1. The van der Waals surface area contributed by atoms with E-state index in [2.05, 4.69) is 107 Å². The maximum absolute atomic E-state index is 6.47. The van der Waals surface area contributed by atoms with Gasteiger partial charge in [-0.15, -0.1) is 0 Å². The Bertz CT molecular complexity index is 1120. The molecule has 2 fully saturated rings. The minimum absolute atomic E-state index is 0.0171. The normalized spacial score (nSPS) is 21.3. The molecule has 0 aliphatic carbocycles. The highest BCUT2D eigenvalue weighted by Crippen LogP contribution is 2.28. The van der Waals surface area contributed by atoms with Crippen molar-refractivity contribution < 1.29 is 14.2 Å². The van der Waals surface area contributed by atoms with E-state index in [-0.39, 0.29) is 23.7 Å². The largest absolute Gasteiger partial charge is 0.377 e. The molecule has 234 valence electrons. The Balaban J connectivity index is 1.36. The van der Waals surface area contributed by atoms with Gasteiger partial charge in [-0.05, 0) is 72.2 Å². The van der Waals surface area contributed by atoms with Crippen LogP contribution in [0.2, 0.25) is 0 Å². The first kappa shape index (κ1) is 32.6. The Kier molecular flexibility index (Phi) is 11.2. The third-order valence-corrected chi connectivity index (χ3v) is 8.83. The first-order chi connectivity index (χ1) is 20.0. The molecule has 0 bridgehead atoms. The summed E-state index contributed by atoms with van der Waals surface area (Å²) < 4.78 is 18.6. The summed E-state index contributed by atoms with van der Waals surface area (Å²) in [4.78, 5) is 19.1. The third-order valence-electron chi connectivity index (χ3n) is 8.83. The summed E-state index contributed by atoms with van der Waals surface area (Å²) in [5.74, 6) is 0.575. The van der Waals surface area contributed by atoms with Gasteiger partial charge in [0.15, 0.2) is 0 Å². The Morgan fingerprint density at radius 2 is 1.71 bits per heavy atom. The molecule has 2 saturated heterocycles. The van der Waals surface area contributed by atoms with Crippen molar-refractivity contribution >= 4 is 11.4 Å². The smallest absolute Gasteiger partial charge is 0.0983 e. The molecule has 0 amide bonds. The molecule has 2 unspecified atom stereocenters. The zero-order chi connectivity index (χ0) is 30.4. The van der Waals surface area contributed by atoms with Crippen LogP contribution in [0.15, 0.2) is 30.5 Å². The lowest BCUT2D eigenvalue weighted by molar-refractivity contribution is -0.0484. The van der Waals surface area contributed by atoms with Crippen LogP contribution >= 0.6 is 0 Å². The molecule has 3 atom stereocenters. The number of ether oxygens (including phenoxy) is 3. The number of pyridine rings is 2. The number of hydrogen-bond donors (Lipinski definition) is 0. The van der Waals surface area contributed by atoms with Gasteiger partial charge in [-0.3, -0.25) is 9.97 Å². The van der Waals surface area contributed by atoms with Crippen LogP contribution in [0.4, 0.5) is 11.4 Å². The number of morpholine rings is 1. The van der Waals surface area contributed by atoms with Crippen molar-refractivity contribution in [2.75, 3.05) is 90.6 Å². The average molecular weight is 583 g/mol. The van der Waals surface area contributed by atoms with Gasteiger partial charge in [0.05, 0.1) is 61.9 Å². The van der Waals surface area contributed by atoms with E-state index in [0.717, 1.165) is 62.1 Å². The molecule has 0 radical (unpaired) electrons. The van der Waals surface area contributed by atoms with Gasteiger partial charge < -0.3 is 33.8 Å². The highest BCUT2D eigenvalue weighted by molar-refractivity contribution is 5.52. The highest BCUT2D eigenvalue weighted by Gasteiger charge is 2.36. The zero-order valence-electron chi connectivity index (χ0n) is 27.5. The van der Waals surface area contributed by atoms with Crippen LogP contribution in [0, 0.1) is 0 Å². The molecule has 42 heavy (non-hydrogen) atoms. The van der Waals surface area contributed by atoms with Gasteiger partial charge in [0.1, 0.15) is 0 Å². The SMILES string of the molecule is CC(C)c1ccc(N2CCOC[C@H](OCC(C)c3ccc(N4CCOC(C(C)(C)N(C)C)C4)cn3)C2)c(CN(C)C)n1. The summed E-state index contributed by atoms with van der Waals surface area (Å²) in [5, 5.41) is 0. The number of anilines is 2. The average Bonchev–Trinajstić information content (AvgIpc) is 3.21. The summed E-state index contributed by atoms with van der Waals surface area (Å²) in [6, 6.07) is 8.74. The fourth-order valence-corrected chi connectivity index (χ4v) is 5.48. The van der Waals surface area contributed by atoms with E-state index in [9.17, 15) is 0 Å². The molecule has 9 nitrogen and oxygen atoms in total. The molecule has 4 rings (SSSR count). The Labute approximate surface area is 254 Å². The van der Waals surface area contributed by atoms with Crippen molar-refractivity contribution in [1.29, 1.82) is 0 Å². The van der Waals surface area contributed by atoms with E-state index in [0.29, 0.717) is 25.7 Å². The van der Waals surface area contributed by atoms with Gasteiger partial charge in [-0.1, -0.05) is 20.8 Å². The first-order valence-corrected chi connectivity index (χ1v) is 15.5. The second-order valence-electron chi connectivity index (χ2n) is 13.3. The molecular weight excluding hydrogens is 528 g/mol. The standard InChI is InChI=1S/C33H54N6O3/c1-24(2)28-12-13-31(30(35-28)20-36(6)7)39-14-16-40-23-27(19-39)42-22-25(3)29-11-10-26(18-34-29)38-15-17-41-32(21-38)33(4,5)37(8)9/h10-13,18,24-25,27,32H,14-17,19-23H2,1-9H3/t25?,27-,32?/m1/s1. The van der Waals surface area contributed by atoms with E-state index in [1.54, 1.807) is 0 Å². The van der Waals surface area contributed by atoms with E-state index >= 15 is 0 Å². The second kappa shape index (κ2) is 14.4. The maximum atomic E-state index is 6.47. The van der Waals surface area contributed by atoms with Crippen LogP contribution in [-0.2, 0) is 20.8 Å². The topological polar surface area (TPSA) is 66.4 Å². The van der Waals surface area contributed by atoms with Crippen molar-refractivity contribution in [3.8, 4) is 0 Å². The molecule has 2 aliphatic heterocycles. The monoisotopic (exact) mass is 582 g/mol. The molecule has 0 N–H and O–H groups in total. The molecule has 9 heteroatoms. The van der Waals surface area contributed by atoms with Crippen molar-refractivity contribution in [1.82, 2.24) is 19.8 Å². The van der Waals surface area contributed by atoms with E-state index < -0.39 is 0 Å². The summed E-state index contributed by atoms with van der Waals surface area (Å²) in [6.07, 6.45) is 2.13. The molecule has 2 aromatic rings. The molecular formula is C33H54N6O3. The van der Waals surface area contributed by atoms with Gasteiger partial charge in [-0.25, -0.2) is 0 Å². The Morgan fingerprint density at radius 3 is 2.38 bits per heavy atom. The quantitative estimate of drug-likeness (QED) is 0.387. The van der Waals surface area contributed by atoms with Crippen molar-refractivity contribution in [3.63, 3.8) is 0 Å². The number of rotatable bonds is 11. The van der Waals surface area contributed by atoms with E-state index in [1.807, 2.05) is 6.20 Å². The van der Waals surface area contributed by atoms with Gasteiger partial charge in [0.25, 0.3) is 0 Å². The summed E-state index contributed by atoms with van der Waals surface area (Å²) in [6.45, 7) is 17.8. The Hall–Kier alpha value is -2.30. The van der Waals surface area contributed by atoms with Crippen molar-refractivity contribution in [3.05, 3.63) is 47.5 Å². The minimum atomic E-state index is -0.0445. The van der Waals surface area contributed by atoms with Crippen LogP contribution in [-0.4, -0.2) is 118 Å². The summed E-state index contributed by atoms with van der Waals surface area (Å²) in [5.41, 5.74) is 5.57. The van der Waals surface area contributed by atoms with Crippen LogP contribution in [0.3, 0.4) is 0 Å². The predicted octanol–water partition coefficient (Wildman–Crippen LogP) is 4.23. The van der Waals surface area contributed by atoms with Crippen molar-refractivity contribution in [2.45, 2.75) is 70.7 Å². The predicted molar refractivity (Wildman–Crippen MR) is 171 cm³/mol. The summed E-state index contributed by atoms with van der Waals surface area (Å²) in [7, 11) is 8.42. The van der Waals surface area contributed by atoms with Gasteiger partial charge in [0, 0.05) is 55.6 Å². The van der Waals surface area contributed by atoms with Crippen molar-refractivity contribution in [2.24, 2.45) is 0 Å². The molecule has 0 spiro atoms. The lowest BCUT2D eigenvalue weighted by atomic mass is 9.94. The molecule has 4 heterocycles. The minimum Gasteiger partial charge on any atom is -0.377 e. The van der Waals surface area contributed by atoms with Crippen LogP contribution in [0.25, 0.3) is 0 Å². The third kappa shape index (κ3) is 8.20. The Morgan fingerprint density at radius 1 is 0.976 bits per heavy atom. The van der Waals surface area contributed by atoms with Crippen LogP contribution in [0.5, 0.6) is 0 Å². The van der Waals surface area contributed by atoms with Gasteiger partial charge in [-0.2, -0.15) is 0 Å². The molecule has 0 aromatic carbocycles. The maximum Gasteiger partial charge on any atom is 0.0983 e. The van der Waals surface area contributed by atoms with Crippen LogP contribution < -0.4 is 9.80 Å². The second-order valence-corrected chi connectivity index (χ2v) is 13.3. The van der Waals surface area contributed by atoms with Gasteiger partial charge in [0.2, 0.25) is 0 Å². The van der Waals surface area contributed by atoms with E-state index in [1.165, 1.54) is 5.69 Å². The van der Waals surface area contributed by atoms with Gasteiger partial charge >= 0.3 is 0 Å². The lowest BCUT2D eigenvalue weighted by Gasteiger charge is -2.45.